The average molecular weight is 341 g/mol. The molecule has 0 aliphatic carbocycles. The Morgan fingerprint density at radius 1 is 1.30 bits per heavy atom. The topological polar surface area (TPSA) is 83.7 Å². The fourth-order valence-electron chi connectivity index (χ4n) is 3.45. The van der Waals surface area contributed by atoms with Crippen LogP contribution in [0.3, 0.4) is 0 Å². The summed E-state index contributed by atoms with van der Waals surface area (Å²) < 4.78 is 28.4. The van der Waals surface area contributed by atoms with Gasteiger partial charge in [0.1, 0.15) is 11.3 Å². The van der Waals surface area contributed by atoms with Crippen molar-refractivity contribution in [3.05, 3.63) is 17.0 Å². The molecule has 1 atom stereocenters. The van der Waals surface area contributed by atoms with Crippen LogP contribution in [0.4, 0.5) is 0 Å². The molecule has 0 saturated carbocycles. The second kappa shape index (κ2) is 6.24. The van der Waals surface area contributed by atoms with Crippen molar-refractivity contribution in [2.24, 2.45) is 0 Å². The molecule has 1 amide bonds. The molecule has 2 aliphatic rings. The number of carbonyl (C=O) groups excluding carboxylic acids is 1. The lowest BCUT2D eigenvalue weighted by molar-refractivity contribution is 0.0585. The molecule has 8 heteroatoms. The van der Waals surface area contributed by atoms with E-state index in [-0.39, 0.29) is 23.5 Å². The van der Waals surface area contributed by atoms with Gasteiger partial charge in [0.25, 0.3) is 5.91 Å². The second-order valence-corrected chi connectivity index (χ2v) is 8.53. The number of rotatable bonds is 3. The van der Waals surface area contributed by atoms with Gasteiger partial charge >= 0.3 is 0 Å². The first-order valence-electron chi connectivity index (χ1n) is 8.10. The zero-order valence-corrected chi connectivity index (χ0v) is 14.4. The molecule has 23 heavy (non-hydrogen) atoms. The summed E-state index contributed by atoms with van der Waals surface area (Å²) in [6.07, 6.45) is 1.37. The number of hydrogen-bond donors (Lipinski definition) is 0. The van der Waals surface area contributed by atoms with Crippen molar-refractivity contribution >= 4 is 15.7 Å². The van der Waals surface area contributed by atoms with Crippen molar-refractivity contribution in [3.8, 4) is 0 Å². The number of sulfone groups is 1. The van der Waals surface area contributed by atoms with Crippen LogP contribution in [0.1, 0.15) is 35.2 Å². The van der Waals surface area contributed by atoms with Crippen molar-refractivity contribution in [2.45, 2.75) is 32.7 Å². The predicted octanol–water partition coefficient (Wildman–Crippen LogP) is 0.490. The van der Waals surface area contributed by atoms with E-state index >= 15 is 0 Å². The third-order valence-corrected chi connectivity index (χ3v) is 6.56. The number of nitrogens with zero attached hydrogens (tertiary/aromatic N) is 3. The smallest absolute Gasteiger partial charge is 0.259 e. The highest BCUT2D eigenvalue weighted by Crippen LogP contribution is 2.21. The van der Waals surface area contributed by atoms with Gasteiger partial charge in [0.05, 0.1) is 17.2 Å². The fraction of sp³-hybridized carbons (Fsp3) is 0.733. The van der Waals surface area contributed by atoms with E-state index in [1.807, 2.05) is 11.8 Å². The summed E-state index contributed by atoms with van der Waals surface area (Å²) in [7, 11) is -2.87. The molecule has 3 heterocycles. The Kier molecular flexibility index (Phi) is 4.46. The van der Waals surface area contributed by atoms with Crippen molar-refractivity contribution in [1.29, 1.82) is 0 Å². The number of aryl methyl sites for hydroxylation is 2. The van der Waals surface area contributed by atoms with E-state index < -0.39 is 9.84 Å². The molecule has 128 valence electrons. The molecule has 0 radical (unpaired) electrons. The van der Waals surface area contributed by atoms with E-state index in [4.69, 9.17) is 4.52 Å². The van der Waals surface area contributed by atoms with Crippen LogP contribution in [0.25, 0.3) is 0 Å². The van der Waals surface area contributed by atoms with Crippen LogP contribution < -0.4 is 0 Å². The Hall–Kier alpha value is -1.41. The monoisotopic (exact) mass is 341 g/mol. The lowest BCUT2D eigenvalue weighted by atomic mass is 10.1. The van der Waals surface area contributed by atoms with Crippen LogP contribution in [0.5, 0.6) is 0 Å². The molecule has 1 aromatic heterocycles. The van der Waals surface area contributed by atoms with Gasteiger partial charge in [0.2, 0.25) is 0 Å². The van der Waals surface area contributed by atoms with Crippen LogP contribution in [0.2, 0.25) is 0 Å². The van der Waals surface area contributed by atoms with Gasteiger partial charge in [-0.1, -0.05) is 12.1 Å². The first-order chi connectivity index (χ1) is 10.9. The molecule has 1 aromatic rings. The minimum Gasteiger partial charge on any atom is -0.361 e. The molecular weight excluding hydrogens is 318 g/mol. The summed E-state index contributed by atoms with van der Waals surface area (Å²) in [5.74, 6) is 1.08. The van der Waals surface area contributed by atoms with Crippen molar-refractivity contribution in [2.75, 3.05) is 37.7 Å². The van der Waals surface area contributed by atoms with Gasteiger partial charge in [-0.15, -0.1) is 0 Å². The first-order valence-corrected chi connectivity index (χ1v) is 9.92. The minimum atomic E-state index is -2.87. The number of carbonyl (C=O) groups is 1. The van der Waals surface area contributed by atoms with Crippen LogP contribution >= 0.6 is 0 Å². The standard InChI is InChI=1S/C15H23N3O4S/c1-3-13-14(11(2)22-16-13)15(19)18-7-5-17(6-8-18)12-4-9-23(20,21)10-12/h12H,3-10H2,1-2H3. The fourth-order valence-corrected chi connectivity index (χ4v) is 5.21. The van der Waals surface area contributed by atoms with Crippen LogP contribution in [0.15, 0.2) is 4.52 Å². The molecule has 0 spiro atoms. The highest BCUT2D eigenvalue weighted by molar-refractivity contribution is 7.91. The maximum atomic E-state index is 12.7. The van der Waals surface area contributed by atoms with Gasteiger partial charge in [-0.3, -0.25) is 9.69 Å². The minimum absolute atomic E-state index is 0.0284. The number of amides is 1. The zero-order chi connectivity index (χ0) is 16.6. The molecule has 0 bridgehead atoms. The lowest BCUT2D eigenvalue weighted by Gasteiger charge is -2.37. The molecule has 7 nitrogen and oxygen atoms in total. The van der Waals surface area contributed by atoms with E-state index in [0.29, 0.717) is 42.9 Å². The molecule has 3 rings (SSSR count). The van der Waals surface area contributed by atoms with E-state index in [0.717, 1.165) is 13.1 Å². The van der Waals surface area contributed by atoms with E-state index in [1.165, 1.54) is 0 Å². The Morgan fingerprint density at radius 3 is 2.57 bits per heavy atom. The molecule has 2 saturated heterocycles. The Balaban J connectivity index is 1.63. The molecular formula is C15H23N3O4S. The summed E-state index contributed by atoms with van der Waals surface area (Å²) in [5, 5.41) is 3.94. The van der Waals surface area contributed by atoms with Gasteiger partial charge in [-0.2, -0.15) is 0 Å². The highest BCUT2D eigenvalue weighted by Gasteiger charge is 2.35. The van der Waals surface area contributed by atoms with Crippen molar-refractivity contribution in [1.82, 2.24) is 15.0 Å². The maximum absolute atomic E-state index is 12.7. The normalized spacial score (nSPS) is 25.0. The van der Waals surface area contributed by atoms with Crippen molar-refractivity contribution in [3.63, 3.8) is 0 Å². The van der Waals surface area contributed by atoms with Gasteiger partial charge in [-0.05, 0) is 19.8 Å². The van der Waals surface area contributed by atoms with Crippen LogP contribution in [-0.4, -0.2) is 73.0 Å². The summed E-state index contributed by atoms with van der Waals surface area (Å²) in [4.78, 5) is 16.7. The molecule has 0 N–H and O–H groups in total. The molecule has 1 unspecified atom stereocenters. The Morgan fingerprint density at radius 2 is 2.00 bits per heavy atom. The van der Waals surface area contributed by atoms with Crippen LogP contribution in [-0.2, 0) is 16.3 Å². The quantitative estimate of drug-likeness (QED) is 0.796. The summed E-state index contributed by atoms with van der Waals surface area (Å²) in [6, 6.07) is 0.112. The zero-order valence-electron chi connectivity index (χ0n) is 13.6. The molecule has 2 aliphatic heterocycles. The number of hydrogen-bond acceptors (Lipinski definition) is 6. The van der Waals surface area contributed by atoms with Crippen molar-refractivity contribution < 1.29 is 17.7 Å². The molecule has 2 fully saturated rings. The largest absolute Gasteiger partial charge is 0.361 e. The van der Waals surface area contributed by atoms with E-state index in [1.54, 1.807) is 6.92 Å². The van der Waals surface area contributed by atoms with Crippen LogP contribution in [0, 0.1) is 6.92 Å². The van der Waals surface area contributed by atoms with Gasteiger partial charge in [-0.25, -0.2) is 8.42 Å². The number of aromatic nitrogens is 1. The molecule has 0 aromatic carbocycles. The predicted molar refractivity (Wildman–Crippen MR) is 85.2 cm³/mol. The SMILES string of the molecule is CCc1noc(C)c1C(=O)N1CCN(C2CCS(=O)(=O)C2)CC1. The summed E-state index contributed by atoms with van der Waals surface area (Å²) in [5.41, 5.74) is 1.29. The van der Waals surface area contributed by atoms with Gasteiger partial charge in [0.15, 0.2) is 9.84 Å². The lowest BCUT2D eigenvalue weighted by Crippen LogP contribution is -2.52. The first kappa shape index (κ1) is 16.4. The van der Waals surface area contributed by atoms with Gasteiger partial charge in [0, 0.05) is 32.2 Å². The Bertz CT molecular complexity index is 690. The summed E-state index contributed by atoms with van der Waals surface area (Å²) >= 11 is 0. The van der Waals surface area contributed by atoms with Gasteiger partial charge < -0.3 is 9.42 Å². The number of piperazine rings is 1. The maximum Gasteiger partial charge on any atom is 0.259 e. The average Bonchev–Trinajstić information content (AvgIpc) is 3.09. The third-order valence-electron chi connectivity index (χ3n) is 4.81. The van der Waals surface area contributed by atoms with E-state index in [9.17, 15) is 13.2 Å². The third kappa shape index (κ3) is 3.28. The second-order valence-electron chi connectivity index (χ2n) is 6.30. The summed E-state index contributed by atoms with van der Waals surface area (Å²) in [6.45, 7) is 6.38. The Labute approximate surface area is 136 Å². The van der Waals surface area contributed by atoms with E-state index in [2.05, 4.69) is 10.1 Å². The highest BCUT2D eigenvalue weighted by atomic mass is 32.2.